The van der Waals surface area contributed by atoms with Crippen LogP contribution in [0.3, 0.4) is 0 Å². The molecule has 1 amide bonds. The van der Waals surface area contributed by atoms with Crippen molar-refractivity contribution in [3.8, 4) is 5.75 Å². The highest BCUT2D eigenvalue weighted by atomic mass is 16.5. The highest BCUT2D eigenvalue weighted by molar-refractivity contribution is 5.81. The number of carbonyl (C=O) groups excluding carboxylic acids is 1. The minimum Gasteiger partial charge on any atom is -0.496 e. The lowest BCUT2D eigenvalue weighted by Gasteiger charge is -2.35. The molecule has 0 aromatic heterocycles. The zero-order valence-corrected chi connectivity index (χ0v) is 16.0. The maximum Gasteiger partial charge on any atom is 0.237 e. The number of hydrogen-bond acceptors (Lipinski definition) is 4. The Labute approximate surface area is 151 Å². The van der Waals surface area contributed by atoms with Gasteiger partial charge in [0.2, 0.25) is 5.91 Å². The normalized spacial score (nSPS) is 17.5. The molecule has 1 unspecified atom stereocenters. The first-order chi connectivity index (χ1) is 12.0. The lowest BCUT2D eigenvalue weighted by Crippen LogP contribution is -2.49. The van der Waals surface area contributed by atoms with Crippen molar-refractivity contribution in [3.63, 3.8) is 0 Å². The van der Waals surface area contributed by atoms with Crippen molar-refractivity contribution in [1.82, 2.24) is 10.2 Å². The van der Waals surface area contributed by atoms with E-state index in [1.807, 2.05) is 31.2 Å². The van der Waals surface area contributed by atoms with Crippen molar-refractivity contribution in [1.29, 1.82) is 0 Å². The van der Waals surface area contributed by atoms with Gasteiger partial charge < -0.3 is 14.8 Å². The molecule has 1 fully saturated rings. The molecule has 140 valence electrons. The minimum atomic E-state index is -0.124. The van der Waals surface area contributed by atoms with E-state index in [0.29, 0.717) is 18.6 Å². The molecule has 5 heteroatoms. The van der Waals surface area contributed by atoms with Crippen LogP contribution in [0.2, 0.25) is 0 Å². The number of ether oxygens (including phenoxy) is 2. The van der Waals surface area contributed by atoms with Gasteiger partial charge in [-0.05, 0) is 31.7 Å². The topological polar surface area (TPSA) is 50.8 Å². The third kappa shape index (κ3) is 6.01. The number of piperidine rings is 1. The maximum absolute atomic E-state index is 12.5. The number of nitrogens with zero attached hydrogens (tertiary/aromatic N) is 1. The van der Waals surface area contributed by atoms with Crippen LogP contribution in [0.25, 0.3) is 0 Å². The summed E-state index contributed by atoms with van der Waals surface area (Å²) < 4.78 is 11.3. The van der Waals surface area contributed by atoms with Crippen molar-refractivity contribution in [2.75, 3.05) is 26.8 Å². The molecular weight excluding hydrogens is 316 g/mol. The zero-order chi connectivity index (χ0) is 18.2. The highest BCUT2D eigenvalue weighted by Gasteiger charge is 2.27. The molecule has 1 aromatic carbocycles. The SMILES string of the molecule is COc1ccccc1CNC(=O)C(C)N1CCC(OCC(C)C)CC1. The molecule has 0 saturated carbocycles. The molecule has 0 aliphatic carbocycles. The average molecular weight is 348 g/mol. The Morgan fingerprint density at radius 3 is 2.56 bits per heavy atom. The number of benzene rings is 1. The van der Waals surface area contributed by atoms with E-state index in [1.165, 1.54) is 0 Å². The standard InChI is InChI=1S/C20H32N2O3/c1-15(2)14-25-18-9-11-22(12-10-18)16(3)20(23)21-13-17-7-5-6-8-19(17)24-4/h5-8,15-16,18H,9-14H2,1-4H3,(H,21,23). The van der Waals surface area contributed by atoms with Gasteiger partial charge in [0, 0.05) is 31.8 Å². The Balaban J connectivity index is 1.77. The fourth-order valence-electron chi connectivity index (χ4n) is 3.10. The predicted octanol–water partition coefficient (Wildman–Crippen LogP) is 2.84. The van der Waals surface area contributed by atoms with E-state index in [-0.39, 0.29) is 11.9 Å². The van der Waals surface area contributed by atoms with E-state index < -0.39 is 0 Å². The molecule has 1 aliphatic rings. The van der Waals surface area contributed by atoms with Crippen LogP contribution in [0.1, 0.15) is 39.2 Å². The summed E-state index contributed by atoms with van der Waals surface area (Å²) in [5.74, 6) is 1.43. The minimum absolute atomic E-state index is 0.0625. The van der Waals surface area contributed by atoms with Crippen LogP contribution in [0.4, 0.5) is 0 Å². The molecule has 1 aromatic rings. The first kappa shape index (κ1) is 19.7. The molecule has 5 nitrogen and oxygen atoms in total. The Morgan fingerprint density at radius 2 is 1.92 bits per heavy atom. The molecule has 0 radical (unpaired) electrons. The number of rotatable bonds is 8. The summed E-state index contributed by atoms with van der Waals surface area (Å²) in [6.45, 7) is 9.44. The Bertz CT molecular complexity index is 539. The van der Waals surface area contributed by atoms with Crippen molar-refractivity contribution < 1.29 is 14.3 Å². The van der Waals surface area contributed by atoms with Crippen LogP contribution in [0.5, 0.6) is 5.75 Å². The van der Waals surface area contributed by atoms with E-state index in [4.69, 9.17) is 9.47 Å². The third-order valence-corrected chi connectivity index (χ3v) is 4.71. The number of para-hydroxylation sites is 1. The number of nitrogens with one attached hydrogen (secondary N) is 1. The number of carbonyl (C=O) groups is 1. The molecule has 25 heavy (non-hydrogen) atoms. The van der Waals surface area contributed by atoms with Gasteiger partial charge >= 0.3 is 0 Å². The van der Waals surface area contributed by atoms with Gasteiger partial charge in [0.05, 0.1) is 19.3 Å². The Kier molecular flexibility index (Phi) is 7.72. The summed E-state index contributed by atoms with van der Waals surface area (Å²) in [6, 6.07) is 7.64. The number of methoxy groups -OCH3 is 1. The van der Waals surface area contributed by atoms with Gasteiger partial charge in [-0.15, -0.1) is 0 Å². The predicted molar refractivity (Wildman–Crippen MR) is 99.7 cm³/mol. The molecule has 0 bridgehead atoms. The summed E-state index contributed by atoms with van der Waals surface area (Å²) in [6.07, 6.45) is 2.33. The second-order valence-electron chi connectivity index (χ2n) is 7.17. The van der Waals surface area contributed by atoms with Gasteiger partial charge in [0.15, 0.2) is 0 Å². The first-order valence-electron chi connectivity index (χ1n) is 9.26. The monoisotopic (exact) mass is 348 g/mol. The Morgan fingerprint density at radius 1 is 1.24 bits per heavy atom. The molecular formula is C20H32N2O3. The summed E-state index contributed by atoms with van der Waals surface area (Å²) in [7, 11) is 1.65. The zero-order valence-electron chi connectivity index (χ0n) is 16.0. The quantitative estimate of drug-likeness (QED) is 0.785. The van der Waals surface area contributed by atoms with E-state index in [9.17, 15) is 4.79 Å². The van der Waals surface area contributed by atoms with Gasteiger partial charge in [-0.1, -0.05) is 32.0 Å². The first-order valence-corrected chi connectivity index (χ1v) is 9.26. The van der Waals surface area contributed by atoms with E-state index in [1.54, 1.807) is 7.11 Å². The van der Waals surface area contributed by atoms with Gasteiger partial charge in [-0.25, -0.2) is 0 Å². The summed E-state index contributed by atoms with van der Waals surface area (Å²) in [5, 5.41) is 3.03. The van der Waals surface area contributed by atoms with E-state index >= 15 is 0 Å². The van der Waals surface area contributed by atoms with Crippen LogP contribution in [0.15, 0.2) is 24.3 Å². The summed E-state index contributed by atoms with van der Waals surface area (Å²) >= 11 is 0. The fraction of sp³-hybridized carbons (Fsp3) is 0.650. The molecule has 1 heterocycles. The average Bonchev–Trinajstić information content (AvgIpc) is 2.64. The van der Waals surface area contributed by atoms with Gasteiger partial charge in [0.25, 0.3) is 0 Å². The van der Waals surface area contributed by atoms with Crippen molar-refractivity contribution in [3.05, 3.63) is 29.8 Å². The molecule has 1 N–H and O–H groups in total. The summed E-state index contributed by atoms with van der Waals surface area (Å²) in [5.41, 5.74) is 0.992. The lowest BCUT2D eigenvalue weighted by molar-refractivity contribution is -0.127. The molecule has 1 aliphatic heterocycles. The molecule has 1 atom stereocenters. The van der Waals surface area contributed by atoms with Crippen molar-refractivity contribution >= 4 is 5.91 Å². The van der Waals surface area contributed by atoms with Gasteiger partial charge in [0.1, 0.15) is 5.75 Å². The van der Waals surface area contributed by atoms with Gasteiger partial charge in [-0.2, -0.15) is 0 Å². The molecule has 2 rings (SSSR count). The largest absolute Gasteiger partial charge is 0.496 e. The van der Waals surface area contributed by atoms with Crippen molar-refractivity contribution in [2.45, 2.75) is 52.3 Å². The number of amides is 1. The van der Waals surface area contributed by atoms with Crippen LogP contribution in [-0.4, -0.2) is 49.8 Å². The third-order valence-electron chi connectivity index (χ3n) is 4.71. The molecule has 1 saturated heterocycles. The maximum atomic E-state index is 12.5. The summed E-state index contributed by atoms with van der Waals surface area (Å²) in [4.78, 5) is 14.7. The second kappa shape index (κ2) is 9.78. The highest BCUT2D eigenvalue weighted by Crippen LogP contribution is 2.18. The number of likely N-dealkylation sites (tertiary alicyclic amines) is 1. The van der Waals surface area contributed by atoms with Crippen LogP contribution in [0, 0.1) is 5.92 Å². The Hall–Kier alpha value is -1.59. The number of hydrogen-bond donors (Lipinski definition) is 1. The smallest absolute Gasteiger partial charge is 0.237 e. The van der Waals surface area contributed by atoms with Crippen LogP contribution in [-0.2, 0) is 16.1 Å². The van der Waals surface area contributed by atoms with Gasteiger partial charge in [-0.3, -0.25) is 9.69 Å². The second-order valence-corrected chi connectivity index (χ2v) is 7.17. The van der Waals surface area contributed by atoms with Crippen LogP contribution >= 0.6 is 0 Å². The molecule has 0 spiro atoms. The van der Waals surface area contributed by atoms with E-state index in [0.717, 1.165) is 43.9 Å². The van der Waals surface area contributed by atoms with Crippen molar-refractivity contribution in [2.24, 2.45) is 5.92 Å². The van der Waals surface area contributed by atoms with Crippen LogP contribution < -0.4 is 10.1 Å². The lowest BCUT2D eigenvalue weighted by atomic mass is 10.1. The van der Waals surface area contributed by atoms with E-state index in [2.05, 4.69) is 24.1 Å². The fourth-order valence-corrected chi connectivity index (χ4v) is 3.10.